The SMILES string of the molecule is Cc1nc(CNCc2sc3ccccc3c2Cl)oc1C. The summed E-state index contributed by atoms with van der Waals surface area (Å²) < 4.78 is 6.76. The van der Waals surface area contributed by atoms with Crippen LogP contribution in [0.2, 0.25) is 5.02 Å². The molecule has 20 heavy (non-hydrogen) atoms. The van der Waals surface area contributed by atoms with Gasteiger partial charge < -0.3 is 9.73 Å². The molecule has 3 aromatic rings. The monoisotopic (exact) mass is 306 g/mol. The lowest BCUT2D eigenvalue weighted by Crippen LogP contribution is -2.12. The minimum Gasteiger partial charge on any atom is -0.444 e. The van der Waals surface area contributed by atoms with Gasteiger partial charge in [-0.25, -0.2) is 4.98 Å². The van der Waals surface area contributed by atoms with Crippen LogP contribution in [-0.4, -0.2) is 4.98 Å². The van der Waals surface area contributed by atoms with Gasteiger partial charge in [-0.05, 0) is 19.9 Å². The molecule has 0 unspecified atom stereocenters. The normalized spacial score (nSPS) is 11.3. The number of hydrogen-bond donors (Lipinski definition) is 1. The number of oxazole rings is 1. The Morgan fingerprint density at radius 2 is 2.05 bits per heavy atom. The van der Waals surface area contributed by atoms with Gasteiger partial charge in [0.2, 0.25) is 5.89 Å². The van der Waals surface area contributed by atoms with Gasteiger partial charge in [0.15, 0.2) is 0 Å². The maximum atomic E-state index is 6.40. The second-order valence-electron chi connectivity index (χ2n) is 4.69. The topological polar surface area (TPSA) is 38.1 Å². The highest BCUT2D eigenvalue weighted by molar-refractivity contribution is 7.19. The van der Waals surface area contributed by atoms with Gasteiger partial charge in [0.1, 0.15) is 5.76 Å². The number of halogens is 1. The molecule has 0 saturated heterocycles. The molecule has 5 heteroatoms. The number of hydrogen-bond acceptors (Lipinski definition) is 4. The zero-order valence-corrected chi connectivity index (χ0v) is 12.9. The molecule has 1 aromatic carbocycles. The van der Waals surface area contributed by atoms with Crippen molar-refractivity contribution in [2.45, 2.75) is 26.9 Å². The van der Waals surface area contributed by atoms with Crippen LogP contribution in [0.25, 0.3) is 10.1 Å². The van der Waals surface area contributed by atoms with Crippen LogP contribution in [0.4, 0.5) is 0 Å². The second kappa shape index (κ2) is 5.56. The van der Waals surface area contributed by atoms with Crippen LogP contribution in [0.5, 0.6) is 0 Å². The van der Waals surface area contributed by atoms with Crippen LogP contribution in [0.1, 0.15) is 22.2 Å². The largest absolute Gasteiger partial charge is 0.444 e. The number of aromatic nitrogens is 1. The molecular weight excluding hydrogens is 292 g/mol. The number of rotatable bonds is 4. The standard InChI is InChI=1S/C15H15ClN2OS/c1-9-10(2)19-14(18-9)8-17-7-13-15(16)11-5-3-4-6-12(11)20-13/h3-6,17H,7-8H2,1-2H3. The lowest BCUT2D eigenvalue weighted by atomic mass is 10.2. The van der Waals surface area contributed by atoms with Gasteiger partial charge in [-0.2, -0.15) is 0 Å². The molecule has 0 atom stereocenters. The first-order valence-corrected chi connectivity index (χ1v) is 7.64. The summed E-state index contributed by atoms with van der Waals surface area (Å²) in [5, 5.41) is 5.30. The molecule has 3 nitrogen and oxygen atoms in total. The molecule has 0 amide bonds. The van der Waals surface area contributed by atoms with Crippen LogP contribution in [0.3, 0.4) is 0 Å². The third kappa shape index (κ3) is 2.59. The smallest absolute Gasteiger partial charge is 0.208 e. The van der Waals surface area contributed by atoms with E-state index in [2.05, 4.69) is 22.4 Å². The zero-order chi connectivity index (χ0) is 14.1. The summed E-state index contributed by atoms with van der Waals surface area (Å²) in [6.45, 7) is 5.21. The summed E-state index contributed by atoms with van der Waals surface area (Å²) in [6, 6.07) is 8.19. The molecule has 1 N–H and O–H groups in total. The van der Waals surface area contributed by atoms with Crippen molar-refractivity contribution >= 4 is 33.0 Å². The van der Waals surface area contributed by atoms with E-state index in [0.29, 0.717) is 6.54 Å². The molecule has 0 saturated carbocycles. The van der Waals surface area contributed by atoms with Crippen LogP contribution in [0, 0.1) is 13.8 Å². The molecular formula is C15H15ClN2OS. The highest BCUT2D eigenvalue weighted by Crippen LogP contribution is 2.34. The van der Waals surface area contributed by atoms with Gasteiger partial charge in [0, 0.05) is 21.5 Å². The number of nitrogens with one attached hydrogen (secondary N) is 1. The lowest BCUT2D eigenvalue weighted by molar-refractivity contribution is 0.449. The first kappa shape index (κ1) is 13.6. The Hall–Kier alpha value is -1.36. The minimum atomic E-state index is 0.610. The average Bonchev–Trinajstić information content (AvgIpc) is 2.92. The first-order valence-electron chi connectivity index (χ1n) is 6.44. The van der Waals surface area contributed by atoms with Gasteiger partial charge in [-0.1, -0.05) is 29.8 Å². The average molecular weight is 307 g/mol. The Kier molecular flexibility index (Phi) is 3.78. The van der Waals surface area contributed by atoms with Crippen molar-refractivity contribution < 1.29 is 4.42 Å². The molecule has 0 spiro atoms. The number of benzene rings is 1. The summed E-state index contributed by atoms with van der Waals surface area (Å²) >= 11 is 8.12. The lowest BCUT2D eigenvalue weighted by Gasteiger charge is -2.00. The molecule has 0 bridgehead atoms. The Morgan fingerprint density at radius 3 is 2.75 bits per heavy atom. The first-order chi connectivity index (χ1) is 9.65. The molecule has 2 heterocycles. The number of aryl methyl sites for hydroxylation is 2. The molecule has 0 aliphatic carbocycles. The van der Waals surface area contributed by atoms with Crippen molar-refractivity contribution in [1.29, 1.82) is 0 Å². The molecule has 3 rings (SSSR count). The summed E-state index contributed by atoms with van der Waals surface area (Å²) in [4.78, 5) is 5.49. The number of fused-ring (bicyclic) bond motifs is 1. The maximum absolute atomic E-state index is 6.40. The van der Waals surface area contributed by atoms with E-state index >= 15 is 0 Å². The summed E-state index contributed by atoms with van der Waals surface area (Å²) in [7, 11) is 0. The van der Waals surface area contributed by atoms with Gasteiger partial charge >= 0.3 is 0 Å². The maximum Gasteiger partial charge on any atom is 0.208 e. The zero-order valence-electron chi connectivity index (χ0n) is 11.4. The van der Waals surface area contributed by atoms with Crippen molar-refractivity contribution in [3.63, 3.8) is 0 Å². The molecule has 0 aliphatic heterocycles. The van der Waals surface area contributed by atoms with Gasteiger partial charge in [0.25, 0.3) is 0 Å². The predicted molar refractivity (Wildman–Crippen MR) is 83.4 cm³/mol. The van der Waals surface area contributed by atoms with Crippen LogP contribution >= 0.6 is 22.9 Å². The quantitative estimate of drug-likeness (QED) is 0.774. The van der Waals surface area contributed by atoms with Crippen LogP contribution in [0.15, 0.2) is 28.7 Å². The van der Waals surface area contributed by atoms with E-state index < -0.39 is 0 Å². The van der Waals surface area contributed by atoms with E-state index in [1.807, 2.05) is 26.0 Å². The van der Waals surface area contributed by atoms with Gasteiger partial charge in [0.05, 0.1) is 17.3 Å². The summed E-state index contributed by atoms with van der Waals surface area (Å²) in [5.74, 6) is 1.60. The second-order valence-corrected chi connectivity index (χ2v) is 6.20. The van der Waals surface area contributed by atoms with E-state index in [-0.39, 0.29) is 0 Å². The molecule has 0 aliphatic rings. The Morgan fingerprint density at radius 1 is 1.25 bits per heavy atom. The molecule has 0 fully saturated rings. The fourth-order valence-electron chi connectivity index (χ4n) is 2.08. The van der Waals surface area contributed by atoms with E-state index in [1.165, 1.54) is 4.70 Å². The van der Waals surface area contributed by atoms with Crippen molar-refractivity contribution in [1.82, 2.24) is 10.3 Å². The molecule has 0 radical (unpaired) electrons. The van der Waals surface area contributed by atoms with Crippen molar-refractivity contribution in [3.8, 4) is 0 Å². The summed E-state index contributed by atoms with van der Waals surface area (Å²) in [6.07, 6.45) is 0. The minimum absolute atomic E-state index is 0.610. The fraction of sp³-hybridized carbons (Fsp3) is 0.267. The third-order valence-corrected chi connectivity index (χ3v) is 4.95. The Labute approximate surface area is 126 Å². The highest BCUT2D eigenvalue weighted by Gasteiger charge is 2.10. The molecule has 2 aromatic heterocycles. The Bertz CT molecular complexity index is 728. The number of nitrogens with zero attached hydrogens (tertiary/aromatic N) is 1. The molecule has 104 valence electrons. The number of thiophene rings is 1. The van der Waals surface area contributed by atoms with Crippen LogP contribution in [-0.2, 0) is 13.1 Å². The van der Waals surface area contributed by atoms with E-state index in [0.717, 1.165) is 39.2 Å². The third-order valence-electron chi connectivity index (χ3n) is 3.24. The van der Waals surface area contributed by atoms with Crippen molar-refractivity contribution in [2.24, 2.45) is 0 Å². The van der Waals surface area contributed by atoms with Crippen molar-refractivity contribution in [2.75, 3.05) is 0 Å². The van der Waals surface area contributed by atoms with E-state index in [4.69, 9.17) is 16.0 Å². The van der Waals surface area contributed by atoms with E-state index in [1.54, 1.807) is 11.3 Å². The van der Waals surface area contributed by atoms with E-state index in [9.17, 15) is 0 Å². The van der Waals surface area contributed by atoms with Gasteiger partial charge in [-0.3, -0.25) is 0 Å². The summed E-state index contributed by atoms with van der Waals surface area (Å²) in [5.41, 5.74) is 0.946. The Balaban J connectivity index is 1.69. The van der Waals surface area contributed by atoms with Gasteiger partial charge in [-0.15, -0.1) is 11.3 Å². The van der Waals surface area contributed by atoms with Crippen LogP contribution < -0.4 is 5.32 Å². The van der Waals surface area contributed by atoms with Crippen molar-refractivity contribution in [3.05, 3.63) is 51.5 Å². The predicted octanol–water partition coefficient (Wildman–Crippen LogP) is 4.45. The fourth-order valence-corrected chi connectivity index (χ4v) is 3.55. The highest BCUT2D eigenvalue weighted by atomic mass is 35.5.